The van der Waals surface area contributed by atoms with Crippen molar-refractivity contribution >= 4 is 11.9 Å². The molecule has 0 aliphatic carbocycles. The molecule has 1 amide bonds. The Morgan fingerprint density at radius 3 is 2.44 bits per heavy atom. The Hall–Kier alpha value is -1.36. The molecule has 0 aromatic heterocycles. The number of hydrogen-bond acceptors (Lipinski definition) is 3. The fraction of sp³-hybridized carbons (Fsp3) is 0.636. The van der Waals surface area contributed by atoms with Crippen LogP contribution in [0.2, 0.25) is 0 Å². The predicted molar refractivity (Wildman–Crippen MR) is 60.0 cm³/mol. The Balaban J connectivity index is 4.29. The van der Waals surface area contributed by atoms with E-state index in [-0.39, 0.29) is 19.1 Å². The van der Waals surface area contributed by atoms with E-state index in [4.69, 9.17) is 9.84 Å². The Kier molecular flexibility index (Phi) is 5.74. The van der Waals surface area contributed by atoms with Gasteiger partial charge in [-0.15, -0.1) is 6.58 Å². The topological polar surface area (TPSA) is 75.6 Å². The van der Waals surface area contributed by atoms with Gasteiger partial charge in [0.1, 0.15) is 0 Å². The van der Waals surface area contributed by atoms with Gasteiger partial charge < -0.3 is 15.2 Å². The molecule has 0 spiro atoms. The lowest BCUT2D eigenvalue weighted by Gasteiger charge is -2.21. The van der Waals surface area contributed by atoms with Crippen LogP contribution in [-0.4, -0.2) is 36.2 Å². The number of ether oxygens (including phenoxy) is 1. The average molecular weight is 229 g/mol. The zero-order chi connectivity index (χ0) is 12.8. The summed E-state index contributed by atoms with van der Waals surface area (Å²) in [6.07, 6.45) is 1.52. The van der Waals surface area contributed by atoms with E-state index in [2.05, 4.69) is 11.9 Å². The molecule has 16 heavy (non-hydrogen) atoms. The number of carboxylic acids is 1. The predicted octanol–water partition coefficient (Wildman–Crippen LogP) is 0.804. The van der Waals surface area contributed by atoms with Crippen molar-refractivity contribution in [2.24, 2.45) is 5.41 Å². The number of carbonyl (C=O) groups is 2. The molecule has 0 rings (SSSR count). The maximum absolute atomic E-state index is 11.6. The molecule has 1 atom stereocenters. The Morgan fingerprint density at radius 2 is 2.06 bits per heavy atom. The Labute approximate surface area is 95.5 Å². The van der Waals surface area contributed by atoms with Crippen molar-refractivity contribution in [1.82, 2.24) is 5.32 Å². The molecule has 92 valence electrons. The number of hydrogen-bond donors (Lipinski definition) is 2. The number of aliphatic carboxylic acids is 1. The first-order valence-electron chi connectivity index (χ1n) is 5.01. The Morgan fingerprint density at radius 1 is 1.50 bits per heavy atom. The lowest BCUT2D eigenvalue weighted by molar-refractivity contribution is -0.144. The van der Waals surface area contributed by atoms with E-state index in [9.17, 15) is 9.59 Å². The summed E-state index contributed by atoms with van der Waals surface area (Å²) in [6, 6.07) is -1.02. The molecular weight excluding hydrogens is 210 g/mol. The lowest BCUT2D eigenvalue weighted by atomic mass is 9.95. The summed E-state index contributed by atoms with van der Waals surface area (Å²) in [6.45, 7) is 8.78. The normalized spacial score (nSPS) is 12.9. The molecule has 0 radical (unpaired) electrons. The molecule has 0 aliphatic heterocycles. The molecule has 0 saturated heterocycles. The minimum absolute atomic E-state index is 0.0663. The van der Waals surface area contributed by atoms with Gasteiger partial charge in [0.25, 0.3) is 0 Å². The van der Waals surface area contributed by atoms with Gasteiger partial charge in [-0.1, -0.05) is 26.8 Å². The molecule has 0 fully saturated rings. The molecule has 0 aliphatic rings. The first kappa shape index (κ1) is 14.6. The quantitative estimate of drug-likeness (QED) is 0.522. The molecule has 0 saturated carbocycles. The van der Waals surface area contributed by atoms with Crippen LogP contribution in [0.3, 0.4) is 0 Å². The van der Waals surface area contributed by atoms with Gasteiger partial charge in [-0.05, 0) is 0 Å². The molecule has 0 heterocycles. The summed E-state index contributed by atoms with van der Waals surface area (Å²) in [4.78, 5) is 22.4. The summed E-state index contributed by atoms with van der Waals surface area (Å²) in [5.74, 6) is -1.43. The summed E-state index contributed by atoms with van der Waals surface area (Å²) >= 11 is 0. The molecular formula is C11H19NO4. The number of rotatable bonds is 6. The van der Waals surface area contributed by atoms with E-state index < -0.39 is 17.4 Å². The van der Waals surface area contributed by atoms with Crippen molar-refractivity contribution in [3.8, 4) is 0 Å². The first-order chi connectivity index (χ1) is 7.29. The monoisotopic (exact) mass is 229 g/mol. The smallest absolute Gasteiger partial charge is 0.328 e. The van der Waals surface area contributed by atoms with E-state index in [0.29, 0.717) is 0 Å². The fourth-order valence-electron chi connectivity index (χ4n) is 0.819. The summed E-state index contributed by atoms with van der Waals surface area (Å²) < 4.78 is 5.01. The summed E-state index contributed by atoms with van der Waals surface area (Å²) in [5, 5.41) is 11.3. The van der Waals surface area contributed by atoms with Crippen molar-refractivity contribution in [1.29, 1.82) is 0 Å². The van der Waals surface area contributed by atoms with Crippen LogP contribution < -0.4 is 5.32 Å². The van der Waals surface area contributed by atoms with E-state index in [0.717, 1.165) is 0 Å². The van der Waals surface area contributed by atoms with Gasteiger partial charge in [-0.25, -0.2) is 4.79 Å². The second-order valence-corrected chi connectivity index (χ2v) is 4.44. The average Bonchev–Trinajstić information content (AvgIpc) is 2.14. The van der Waals surface area contributed by atoms with Crippen LogP contribution in [0.25, 0.3) is 0 Å². The van der Waals surface area contributed by atoms with Crippen LogP contribution in [0.1, 0.15) is 20.8 Å². The third kappa shape index (κ3) is 5.50. The number of carbonyl (C=O) groups excluding carboxylic acids is 1. The van der Waals surface area contributed by atoms with Crippen LogP contribution in [0, 0.1) is 5.41 Å². The van der Waals surface area contributed by atoms with Gasteiger partial charge >= 0.3 is 5.97 Å². The van der Waals surface area contributed by atoms with E-state index in [1.807, 2.05) is 0 Å². The van der Waals surface area contributed by atoms with E-state index >= 15 is 0 Å². The largest absolute Gasteiger partial charge is 0.480 e. The van der Waals surface area contributed by atoms with Crippen molar-refractivity contribution in [2.45, 2.75) is 26.8 Å². The minimum Gasteiger partial charge on any atom is -0.480 e. The highest BCUT2D eigenvalue weighted by molar-refractivity contribution is 5.86. The summed E-state index contributed by atoms with van der Waals surface area (Å²) in [5.41, 5.74) is -0.619. The van der Waals surface area contributed by atoms with Gasteiger partial charge in [0.15, 0.2) is 6.04 Å². The standard InChI is InChI=1S/C11H19NO4/c1-5-6-16-7-8(9(13)14)12-10(15)11(2,3)4/h5,8H,1,6-7H2,2-4H3,(H,12,15)(H,13,14). The van der Waals surface area contributed by atoms with Gasteiger partial charge in [-0.3, -0.25) is 4.79 Å². The van der Waals surface area contributed by atoms with Crippen LogP contribution in [0.4, 0.5) is 0 Å². The molecule has 0 aromatic carbocycles. The van der Waals surface area contributed by atoms with Gasteiger partial charge in [-0.2, -0.15) is 0 Å². The first-order valence-corrected chi connectivity index (χ1v) is 5.01. The van der Waals surface area contributed by atoms with Crippen LogP contribution in [-0.2, 0) is 14.3 Å². The minimum atomic E-state index is -1.11. The Bertz CT molecular complexity index is 268. The molecule has 1 unspecified atom stereocenters. The van der Waals surface area contributed by atoms with Gasteiger partial charge in [0, 0.05) is 5.41 Å². The highest BCUT2D eigenvalue weighted by Crippen LogP contribution is 2.12. The zero-order valence-electron chi connectivity index (χ0n) is 9.95. The number of carboxylic acid groups (broad SMARTS) is 1. The molecule has 5 nitrogen and oxygen atoms in total. The maximum Gasteiger partial charge on any atom is 0.328 e. The van der Waals surface area contributed by atoms with Crippen molar-refractivity contribution in [3.05, 3.63) is 12.7 Å². The highest BCUT2D eigenvalue weighted by atomic mass is 16.5. The summed E-state index contributed by atoms with van der Waals surface area (Å²) in [7, 11) is 0. The second kappa shape index (κ2) is 6.27. The maximum atomic E-state index is 11.6. The van der Waals surface area contributed by atoms with Gasteiger partial charge in [0.05, 0.1) is 13.2 Å². The fourth-order valence-corrected chi connectivity index (χ4v) is 0.819. The molecule has 5 heteroatoms. The molecule has 0 aromatic rings. The zero-order valence-corrected chi connectivity index (χ0v) is 9.95. The SMILES string of the molecule is C=CCOCC(NC(=O)C(C)(C)C)C(=O)O. The van der Waals surface area contributed by atoms with E-state index in [1.165, 1.54) is 6.08 Å². The molecule has 0 bridgehead atoms. The van der Waals surface area contributed by atoms with Crippen LogP contribution >= 0.6 is 0 Å². The highest BCUT2D eigenvalue weighted by Gasteiger charge is 2.27. The number of amides is 1. The third-order valence-corrected chi connectivity index (χ3v) is 1.80. The second-order valence-electron chi connectivity index (χ2n) is 4.44. The van der Waals surface area contributed by atoms with Crippen LogP contribution in [0.15, 0.2) is 12.7 Å². The van der Waals surface area contributed by atoms with E-state index in [1.54, 1.807) is 20.8 Å². The van der Waals surface area contributed by atoms with Crippen molar-refractivity contribution in [2.75, 3.05) is 13.2 Å². The van der Waals surface area contributed by atoms with Crippen LogP contribution in [0.5, 0.6) is 0 Å². The van der Waals surface area contributed by atoms with Gasteiger partial charge in [0.2, 0.25) is 5.91 Å². The van der Waals surface area contributed by atoms with Crippen molar-refractivity contribution < 1.29 is 19.4 Å². The number of nitrogens with one attached hydrogen (secondary N) is 1. The third-order valence-electron chi connectivity index (χ3n) is 1.80. The molecule has 2 N–H and O–H groups in total. The lowest BCUT2D eigenvalue weighted by Crippen LogP contribution is -2.48. The van der Waals surface area contributed by atoms with Crippen molar-refractivity contribution in [3.63, 3.8) is 0 Å².